The number of likely N-dealkylation sites (N-methyl/N-ethyl adjacent to an activating group) is 1. The van der Waals surface area contributed by atoms with E-state index in [1.165, 1.54) is 19.3 Å². The third-order valence-corrected chi connectivity index (χ3v) is 4.73. The number of rotatable bonds is 8. The minimum Gasteiger partial charge on any atom is -0.351 e. The Morgan fingerprint density at radius 2 is 1.80 bits per heavy atom. The lowest BCUT2D eigenvalue weighted by Crippen LogP contribution is -3.11. The van der Waals surface area contributed by atoms with Crippen LogP contribution in [0.2, 0.25) is 0 Å². The maximum absolute atomic E-state index is 13.0. The van der Waals surface area contributed by atoms with Gasteiger partial charge in [0, 0.05) is 18.3 Å². The molecule has 0 aromatic heterocycles. The summed E-state index contributed by atoms with van der Waals surface area (Å²) in [7, 11) is 1.91. The van der Waals surface area contributed by atoms with Gasteiger partial charge in [-0.3, -0.25) is 9.59 Å². The molecule has 1 aromatic rings. The number of benzene rings is 1. The summed E-state index contributed by atoms with van der Waals surface area (Å²) < 4.78 is 0. The van der Waals surface area contributed by atoms with Crippen molar-refractivity contribution in [1.29, 1.82) is 0 Å². The van der Waals surface area contributed by atoms with E-state index in [4.69, 9.17) is 0 Å². The number of hydrogen-bond acceptors (Lipinski definition) is 2. The normalized spacial score (nSPS) is 16.2. The summed E-state index contributed by atoms with van der Waals surface area (Å²) in [5, 5.41) is 2.88. The molecule has 0 saturated heterocycles. The number of carbonyl (C=O) groups is 2. The van der Waals surface area contributed by atoms with E-state index in [1.807, 2.05) is 49.2 Å². The van der Waals surface area contributed by atoms with Crippen molar-refractivity contribution in [2.24, 2.45) is 0 Å². The van der Waals surface area contributed by atoms with Crippen LogP contribution in [0.3, 0.4) is 0 Å². The van der Waals surface area contributed by atoms with Gasteiger partial charge in [-0.25, -0.2) is 0 Å². The third-order valence-electron chi connectivity index (χ3n) is 4.73. The van der Waals surface area contributed by atoms with E-state index >= 15 is 0 Å². The average molecular weight is 346 g/mol. The quantitative estimate of drug-likeness (QED) is 0.747. The second-order valence-electron chi connectivity index (χ2n) is 7.05. The molecule has 0 heterocycles. The van der Waals surface area contributed by atoms with Crippen LogP contribution in [0.1, 0.15) is 45.4 Å². The molecule has 1 fully saturated rings. The number of anilines is 1. The molecule has 25 heavy (non-hydrogen) atoms. The Kier molecular flexibility index (Phi) is 7.92. The summed E-state index contributed by atoms with van der Waals surface area (Å²) in [6, 6.07) is 10.2. The Morgan fingerprint density at radius 1 is 1.12 bits per heavy atom. The van der Waals surface area contributed by atoms with Crippen molar-refractivity contribution in [3.63, 3.8) is 0 Å². The van der Waals surface area contributed by atoms with Crippen molar-refractivity contribution in [2.75, 3.05) is 31.6 Å². The fourth-order valence-corrected chi connectivity index (χ4v) is 3.49. The largest absolute Gasteiger partial charge is 0.351 e. The Labute approximate surface area is 151 Å². The highest BCUT2D eigenvalue weighted by atomic mass is 16.2. The molecule has 1 unspecified atom stereocenters. The van der Waals surface area contributed by atoms with Gasteiger partial charge in [-0.15, -0.1) is 0 Å². The van der Waals surface area contributed by atoms with E-state index in [0.717, 1.165) is 29.8 Å². The van der Waals surface area contributed by atoms with Gasteiger partial charge in [0.25, 0.3) is 11.8 Å². The minimum absolute atomic E-state index is 0.0103. The fourth-order valence-electron chi connectivity index (χ4n) is 3.49. The zero-order valence-corrected chi connectivity index (χ0v) is 15.6. The lowest BCUT2D eigenvalue weighted by Gasteiger charge is -2.34. The van der Waals surface area contributed by atoms with Crippen LogP contribution in [0.15, 0.2) is 30.3 Å². The highest BCUT2D eigenvalue weighted by Gasteiger charge is 2.28. The van der Waals surface area contributed by atoms with E-state index in [0.29, 0.717) is 19.6 Å². The van der Waals surface area contributed by atoms with Gasteiger partial charge in [0.05, 0.1) is 7.05 Å². The molecule has 0 spiro atoms. The molecular formula is C20H32N3O2+. The minimum atomic E-state index is 0.0103. The lowest BCUT2D eigenvalue weighted by atomic mass is 9.93. The third kappa shape index (κ3) is 6.16. The molecule has 5 heteroatoms. The fraction of sp³-hybridized carbons (Fsp3) is 0.600. The molecule has 138 valence electrons. The highest BCUT2D eigenvalue weighted by molar-refractivity contribution is 5.94. The van der Waals surface area contributed by atoms with Gasteiger partial charge in [-0.05, 0) is 31.4 Å². The monoisotopic (exact) mass is 346 g/mol. The SMILES string of the molecule is CCCNC(=O)C[NH+](C)CC(=O)N(c1ccccc1)C1CCCCC1. The number of quaternary nitrogens is 1. The van der Waals surface area contributed by atoms with Gasteiger partial charge < -0.3 is 15.1 Å². The standard InChI is InChI=1S/C20H31N3O2/c1-3-14-21-19(24)15-22(2)16-20(25)23(17-10-6-4-7-11-17)18-12-8-5-9-13-18/h4,6-7,10-11,18H,3,5,8-9,12-16H2,1-2H3,(H,21,24)/p+1. The van der Waals surface area contributed by atoms with E-state index in [-0.39, 0.29) is 17.9 Å². The smallest absolute Gasteiger partial charge is 0.282 e. The summed E-state index contributed by atoms with van der Waals surface area (Å²) in [6.45, 7) is 3.39. The first-order valence-corrected chi connectivity index (χ1v) is 9.57. The zero-order valence-electron chi connectivity index (χ0n) is 15.6. The van der Waals surface area contributed by atoms with Crippen molar-refractivity contribution >= 4 is 17.5 Å². The molecule has 1 atom stereocenters. The Bertz CT molecular complexity index is 541. The van der Waals surface area contributed by atoms with Gasteiger partial charge in [0.2, 0.25) is 0 Å². The van der Waals surface area contributed by atoms with E-state index in [9.17, 15) is 9.59 Å². The lowest BCUT2D eigenvalue weighted by molar-refractivity contribution is -0.862. The second kappa shape index (κ2) is 10.2. The Balaban J connectivity index is 2.01. The molecule has 1 aliphatic rings. The molecule has 5 nitrogen and oxygen atoms in total. The van der Waals surface area contributed by atoms with Crippen molar-refractivity contribution in [3.8, 4) is 0 Å². The predicted octanol–water partition coefficient (Wildman–Crippen LogP) is 1.39. The summed E-state index contributed by atoms with van der Waals surface area (Å²) in [5.74, 6) is 0.120. The van der Waals surface area contributed by atoms with Crippen LogP contribution in [-0.2, 0) is 9.59 Å². The first kappa shape index (κ1) is 19.4. The number of para-hydroxylation sites is 1. The topological polar surface area (TPSA) is 53.9 Å². The molecule has 2 amide bonds. The van der Waals surface area contributed by atoms with Crippen molar-refractivity contribution in [1.82, 2.24) is 5.32 Å². The number of hydrogen-bond donors (Lipinski definition) is 2. The van der Waals surface area contributed by atoms with Crippen LogP contribution in [0, 0.1) is 0 Å². The van der Waals surface area contributed by atoms with Crippen molar-refractivity contribution in [3.05, 3.63) is 30.3 Å². The summed E-state index contributed by atoms with van der Waals surface area (Å²) >= 11 is 0. The molecule has 0 bridgehead atoms. The number of amides is 2. The molecule has 1 saturated carbocycles. The van der Waals surface area contributed by atoms with Crippen molar-refractivity contribution in [2.45, 2.75) is 51.5 Å². The van der Waals surface area contributed by atoms with Gasteiger partial charge in [-0.1, -0.05) is 44.4 Å². The predicted molar refractivity (Wildman–Crippen MR) is 101 cm³/mol. The van der Waals surface area contributed by atoms with Gasteiger partial charge in [0.1, 0.15) is 0 Å². The van der Waals surface area contributed by atoms with Crippen LogP contribution < -0.4 is 15.1 Å². The van der Waals surface area contributed by atoms with Crippen LogP contribution in [0.4, 0.5) is 5.69 Å². The van der Waals surface area contributed by atoms with Crippen molar-refractivity contribution < 1.29 is 14.5 Å². The van der Waals surface area contributed by atoms with Crippen LogP contribution in [-0.4, -0.2) is 44.5 Å². The molecule has 2 N–H and O–H groups in total. The second-order valence-corrected chi connectivity index (χ2v) is 7.05. The Morgan fingerprint density at radius 3 is 2.44 bits per heavy atom. The molecule has 1 aliphatic carbocycles. The van der Waals surface area contributed by atoms with Gasteiger partial charge >= 0.3 is 0 Å². The van der Waals surface area contributed by atoms with E-state index in [1.54, 1.807) is 0 Å². The Hall–Kier alpha value is -1.88. The number of nitrogens with zero attached hydrogens (tertiary/aromatic N) is 1. The molecule has 0 radical (unpaired) electrons. The summed E-state index contributed by atoms with van der Waals surface area (Å²) in [4.78, 5) is 27.8. The molecule has 1 aromatic carbocycles. The number of carbonyl (C=O) groups excluding carboxylic acids is 2. The first-order valence-electron chi connectivity index (χ1n) is 9.57. The van der Waals surface area contributed by atoms with Gasteiger partial charge in [0.15, 0.2) is 13.1 Å². The van der Waals surface area contributed by atoms with Crippen LogP contribution in [0.5, 0.6) is 0 Å². The summed E-state index contributed by atoms with van der Waals surface area (Å²) in [6.07, 6.45) is 6.68. The highest BCUT2D eigenvalue weighted by Crippen LogP contribution is 2.27. The molecule has 2 rings (SSSR count). The maximum Gasteiger partial charge on any atom is 0.282 e. The van der Waals surface area contributed by atoms with Gasteiger partial charge in [-0.2, -0.15) is 0 Å². The molecular weight excluding hydrogens is 314 g/mol. The van der Waals surface area contributed by atoms with E-state index < -0.39 is 0 Å². The first-order chi connectivity index (χ1) is 12.1. The molecule has 0 aliphatic heterocycles. The number of nitrogens with one attached hydrogen (secondary N) is 2. The maximum atomic E-state index is 13.0. The average Bonchev–Trinajstić information content (AvgIpc) is 2.62. The van der Waals surface area contributed by atoms with Crippen LogP contribution >= 0.6 is 0 Å². The summed E-state index contributed by atoms with van der Waals surface area (Å²) in [5.41, 5.74) is 0.975. The van der Waals surface area contributed by atoms with E-state index in [2.05, 4.69) is 5.32 Å². The zero-order chi connectivity index (χ0) is 18.1. The van der Waals surface area contributed by atoms with Crippen LogP contribution in [0.25, 0.3) is 0 Å².